The summed E-state index contributed by atoms with van der Waals surface area (Å²) >= 11 is 0. The highest BCUT2D eigenvalue weighted by Gasteiger charge is 2.05. The van der Waals surface area contributed by atoms with E-state index in [-0.39, 0.29) is 0 Å². The van der Waals surface area contributed by atoms with Crippen LogP contribution in [-0.4, -0.2) is 14.8 Å². The molecule has 0 saturated carbocycles. The van der Waals surface area contributed by atoms with Gasteiger partial charge in [-0.25, -0.2) is 0 Å². The summed E-state index contributed by atoms with van der Waals surface area (Å²) in [5, 5.41) is 4.27. The molecule has 0 unspecified atom stereocenters. The van der Waals surface area contributed by atoms with Crippen LogP contribution in [0.5, 0.6) is 0 Å². The second-order valence-corrected chi connectivity index (χ2v) is 3.31. The summed E-state index contributed by atoms with van der Waals surface area (Å²) in [6.07, 6.45) is 5.39. The van der Waals surface area contributed by atoms with E-state index in [9.17, 15) is 0 Å². The number of nitrogens with two attached hydrogens (primary N) is 1. The first-order chi connectivity index (χ1) is 6.66. The van der Waals surface area contributed by atoms with Crippen molar-refractivity contribution in [1.82, 2.24) is 14.8 Å². The molecule has 4 heteroatoms. The van der Waals surface area contributed by atoms with Gasteiger partial charge in [-0.15, -0.1) is 0 Å². The van der Waals surface area contributed by atoms with Gasteiger partial charge in [0.15, 0.2) is 0 Å². The first-order valence-electron chi connectivity index (χ1n) is 4.38. The molecule has 72 valence electrons. The number of aromatic nitrogens is 3. The fourth-order valence-corrected chi connectivity index (χ4v) is 1.49. The van der Waals surface area contributed by atoms with Gasteiger partial charge in [0.2, 0.25) is 0 Å². The SMILES string of the molecule is Cc1nn(C)cc1-c1cncc(N)c1. The molecule has 2 N–H and O–H groups in total. The van der Waals surface area contributed by atoms with Crippen molar-refractivity contribution in [3.8, 4) is 11.1 Å². The summed E-state index contributed by atoms with van der Waals surface area (Å²) < 4.78 is 1.79. The van der Waals surface area contributed by atoms with Gasteiger partial charge in [-0.05, 0) is 13.0 Å². The number of rotatable bonds is 1. The van der Waals surface area contributed by atoms with Gasteiger partial charge in [-0.1, -0.05) is 0 Å². The molecular formula is C10H12N4. The average Bonchev–Trinajstić information content (AvgIpc) is 2.45. The van der Waals surface area contributed by atoms with Gasteiger partial charge in [0.05, 0.1) is 11.4 Å². The molecule has 0 aliphatic heterocycles. The average molecular weight is 188 g/mol. The lowest BCUT2D eigenvalue weighted by Gasteiger charge is -1.98. The monoisotopic (exact) mass is 188 g/mol. The predicted molar refractivity (Wildman–Crippen MR) is 55.6 cm³/mol. The summed E-state index contributed by atoms with van der Waals surface area (Å²) in [5.74, 6) is 0. The number of aryl methyl sites for hydroxylation is 2. The maximum Gasteiger partial charge on any atom is 0.0672 e. The van der Waals surface area contributed by atoms with E-state index in [1.807, 2.05) is 26.2 Å². The number of hydrogen-bond acceptors (Lipinski definition) is 3. The highest BCUT2D eigenvalue weighted by Crippen LogP contribution is 2.22. The largest absolute Gasteiger partial charge is 0.397 e. The minimum atomic E-state index is 0.672. The molecule has 0 aromatic carbocycles. The number of hydrogen-bond donors (Lipinski definition) is 1. The Morgan fingerprint density at radius 1 is 1.36 bits per heavy atom. The van der Waals surface area contributed by atoms with Crippen molar-refractivity contribution in [2.24, 2.45) is 7.05 Å². The Kier molecular flexibility index (Phi) is 1.96. The molecule has 0 bridgehead atoms. The van der Waals surface area contributed by atoms with Crippen LogP contribution < -0.4 is 5.73 Å². The summed E-state index contributed by atoms with van der Waals surface area (Å²) in [6, 6.07) is 1.90. The molecular weight excluding hydrogens is 176 g/mol. The van der Waals surface area contributed by atoms with Crippen molar-refractivity contribution < 1.29 is 0 Å². The Morgan fingerprint density at radius 3 is 2.71 bits per heavy atom. The van der Waals surface area contributed by atoms with E-state index in [0.29, 0.717) is 5.69 Å². The third-order valence-corrected chi connectivity index (χ3v) is 2.08. The second-order valence-electron chi connectivity index (χ2n) is 3.31. The van der Waals surface area contributed by atoms with E-state index >= 15 is 0 Å². The van der Waals surface area contributed by atoms with Crippen molar-refractivity contribution in [1.29, 1.82) is 0 Å². The van der Waals surface area contributed by atoms with Gasteiger partial charge in [0.25, 0.3) is 0 Å². The summed E-state index contributed by atoms with van der Waals surface area (Å²) in [4.78, 5) is 4.05. The zero-order valence-electron chi connectivity index (χ0n) is 8.23. The van der Waals surface area contributed by atoms with Crippen LogP contribution >= 0.6 is 0 Å². The lowest BCUT2D eigenvalue weighted by molar-refractivity contribution is 0.756. The fourth-order valence-electron chi connectivity index (χ4n) is 1.49. The molecule has 2 heterocycles. The quantitative estimate of drug-likeness (QED) is 0.735. The maximum absolute atomic E-state index is 5.66. The lowest BCUT2D eigenvalue weighted by Crippen LogP contribution is -1.87. The molecule has 0 amide bonds. The van der Waals surface area contributed by atoms with E-state index in [2.05, 4.69) is 10.1 Å². The molecule has 0 aliphatic rings. The standard InChI is InChI=1S/C10H12N4/c1-7-10(6-14(2)13-7)8-3-9(11)5-12-4-8/h3-6H,11H2,1-2H3. The fraction of sp³-hybridized carbons (Fsp3) is 0.200. The Balaban J connectivity index is 2.54. The van der Waals surface area contributed by atoms with Crippen LogP contribution in [0.3, 0.4) is 0 Å². The lowest BCUT2D eigenvalue weighted by atomic mass is 10.1. The van der Waals surface area contributed by atoms with Gasteiger partial charge in [0, 0.05) is 36.8 Å². The van der Waals surface area contributed by atoms with Crippen LogP contribution in [0, 0.1) is 6.92 Å². The minimum absolute atomic E-state index is 0.672. The highest BCUT2D eigenvalue weighted by atomic mass is 15.2. The van der Waals surface area contributed by atoms with Gasteiger partial charge < -0.3 is 5.73 Å². The van der Waals surface area contributed by atoms with Crippen LogP contribution in [0.1, 0.15) is 5.69 Å². The van der Waals surface area contributed by atoms with Crippen molar-refractivity contribution in [3.05, 3.63) is 30.4 Å². The Bertz CT molecular complexity index is 459. The van der Waals surface area contributed by atoms with E-state index in [4.69, 9.17) is 5.73 Å². The van der Waals surface area contributed by atoms with Gasteiger partial charge in [0.1, 0.15) is 0 Å². The Hall–Kier alpha value is -1.84. The molecule has 0 saturated heterocycles. The Labute approximate surface area is 82.4 Å². The highest BCUT2D eigenvalue weighted by molar-refractivity contribution is 5.67. The van der Waals surface area contributed by atoms with Crippen LogP contribution in [0.15, 0.2) is 24.7 Å². The van der Waals surface area contributed by atoms with Crippen molar-refractivity contribution >= 4 is 5.69 Å². The number of pyridine rings is 1. The predicted octanol–water partition coefficient (Wildman–Crippen LogP) is 1.37. The normalized spacial score (nSPS) is 10.4. The minimum Gasteiger partial charge on any atom is -0.397 e. The molecule has 0 aliphatic carbocycles. The number of nitrogens with zero attached hydrogens (tertiary/aromatic N) is 3. The molecule has 0 spiro atoms. The van der Waals surface area contributed by atoms with E-state index in [0.717, 1.165) is 16.8 Å². The van der Waals surface area contributed by atoms with Crippen molar-refractivity contribution in [3.63, 3.8) is 0 Å². The first kappa shape index (κ1) is 8.74. The zero-order chi connectivity index (χ0) is 10.1. The first-order valence-corrected chi connectivity index (χ1v) is 4.38. The van der Waals surface area contributed by atoms with E-state index in [1.54, 1.807) is 17.1 Å². The van der Waals surface area contributed by atoms with Gasteiger partial charge in [-0.2, -0.15) is 5.10 Å². The number of nitrogen functional groups attached to an aromatic ring is 1. The molecule has 0 fully saturated rings. The summed E-state index contributed by atoms with van der Waals surface area (Å²) in [5.41, 5.74) is 9.41. The second kappa shape index (κ2) is 3.14. The van der Waals surface area contributed by atoms with Crippen molar-refractivity contribution in [2.45, 2.75) is 6.92 Å². The molecule has 0 atom stereocenters. The molecule has 2 aromatic heterocycles. The third-order valence-electron chi connectivity index (χ3n) is 2.08. The van der Waals surface area contributed by atoms with Crippen molar-refractivity contribution in [2.75, 3.05) is 5.73 Å². The molecule has 2 aromatic rings. The molecule has 4 nitrogen and oxygen atoms in total. The Morgan fingerprint density at radius 2 is 2.14 bits per heavy atom. The van der Waals surface area contributed by atoms with Gasteiger partial charge in [-0.3, -0.25) is 9.67 Å². The molecule has 14 heavy (non-hydrogen) atoms. The van der Waals surface area contributed by atoms with E-state index in [1.165, 1.54) is 0 Å². The van der Waals surface area contributed by atoms with Crippen LogP contribution in [-0.2, 0) is 7.05 Å². The topological polar surface area (TPSA) is 56.7 Å². The molecule has 0 radical (unpaired) electrons. The summed E-state index contributed by atoms with van der Waals surface area (Å²) in [6.45, 7) is 1.97. The van der Waals surface area contributed by atoms with Gasteiger partial charge >= 0.3 is 0 Å². The summed E-state index contributed by atoms with van der Waals surface area (Å²) in [7, 11) is 1.90. The van der Waals surface area contributed by atoms with E-state index < -0.39 is 0 Å². The smallest absolute Gasteiger partial charge is 0.0672 e. The van der Waals surface area contributed by atoms with Crippen LogP contribution in [0.25, 0.3) is 11.1 Å². The maximum atomic E-state index is 5.66. The van der Waals surface area contributed by atoms with Crippen LogP contribution in [0.2, 0.25) is 0 Å². The zero-order valence-corrected chi connectivity index (χ0v) is 8.23. The number of anilines is 1. The third kappa shape index (κ3) is 1.46. The van der Waals surface area contributed by atoms with Crippen LogP contribution in [0.4, 0.5) is 5.69 Å². The molecule has 2 rings (SSSR count).